The van der Waals surface area contributed by atoms with Gasteiger partial charge in [0.05, 0.1) is 16.5 Å². The van der Waals surface area contributed by atoms with Crippen molar-refractivity contribution >= 4 is 34.7 Å². The molecule has 2 aromatic rings. The highest BCUT2D eigenvalue weighted by Crippen LogP contribution is 2.44. The fourth-order valence-corrected chi connectivity index (χ4v) is 5.24. The molecule has 0 saturated carbocycles. The highest BCUT2D eigenvalue weighted by atomic mass is 32.2. The summed E-state index contributed by atoms with van der Waals surface area (Å²) in [5.41, 5.74) is 1.53. The van der Waals surface area contributed by atoms with Crippen LogP contribution in [0, 0.1) is 0 Å². The van der Waals surface area contributed by atoms with Crippen molar-refractivity contribution < 1.29 is 19.0 Å². The lowest BCUT2D eigenvalue weighted by molar-refractivity contribution is -0.159. The molecule has 0 N–H and O–H groups in total. The zero-order chi connectivity index (χ0) is 18.5. The van der Waals surface area contributed by atoms with Crippen LogP contribution in [-0.4, -0.2) is 32.0 Å². The van der Waals surface area contributed by atoms with Gasteiger partial charge in [-0.3, -0.25) is 4.79 Å². The van der Waals surface area contributed by atoms with Gasteiger partial charge >= 0.3 is 0 Å². The van der Waals surface area contributed by atoms with Gasteiger partial charge in [-0.1, -0.05) is 11.8 Å². The first-order chi connectivity index (χ1) is 12.3. The summed E-state index contributed by atoms with van der Waals surface area (Å²) in [6, 6.07) is 8.10. The Labute approximate surface area is 161 Å². The Bertz CT molecular complexity index is 863. The molecule has 138 valence electrons. The van der Waals surface area contributed by atoms with E-state index >= 15 is 0 Å². The second-order valence-corrected chi connectivity index (χ2v) is 9.43. The number of carbonyl (C=O) groups is 1. The second kappa shape index (κ2) is 6.27. The van der Waals surface area contributed by atoms with E-state index in [2.05, 4.69) is 18.4 Å². The Hall–Kier alpha value is -1.54. The molecule has 0 spiro atoms. The monoisotopic (exact) mass is 391 g/mol. The minimum Gasteiger partial charge on any atom is -0.482 e. The first-order valence-electron chi connectivity index (χ1n) is 8.40. The van der Waals surface area contributed by atoms with E-state index in [0.717, 1.165) is 21.9 Å². The molecule has 1 aromatic carbocycles. The van der Waals surface area contributed by atoms with Crippen molar-refractivity contribution in [1.29, 1.82) is 0 Å². The van der Waals surface area contributed by atoms with Gasteiger partial charge in [0.25, 0.3) is 5.91 Å². The molecule has 1 unspecified atom stereocenters. The number of amides is 1. The number of thiophene rings is 1. The molecule has 0 radical (unpaired) electrons. The topological polar surface area (TPSA) is 48.0 Å². The summed E-state index contributed by atoms with van der Waals surface area (Å²) in [5, 5.41) is 2.13. The first-order valence-corrected chi connectivity index (χ1v) is 10.1. The van der Waals surface area contributed by atoms with Gasteiger partial charge in [-0.2, -0.15) is 0 Å². The van der Waals surface area contributed by atoms with Crippen molar-refractivity contribution in [2.24, 2.45) is 0 Å². The summed E-state index contributed by atoms with van der Waals surface area (Å²) in [6.07, 6.45) is 0. The van der Waals surface area contributed by atoms with Gasteiger partial charge in [0.2, 0.25) is 0 Å². The van der Waals surface area contributed by atoms with E-state index in [1.54, 1.807) is 35.0 Å². The fourth-order valence-electron chi connectivity index (χ4n) is 3.14. The summed E-state index contributed by atoms with van der Waals surface area (Å²) in [5.74, 6) is 0.161. The Morgan fingerprint density at radius 1 is 1.23 bits per heavy atom. The molecule has 26 heavy (non-hydrogen) atoms. The molecule has 2 aliphatic heterocycles. The lowest BCUT2D eigenvalue weighted by atomic mass is 10.0. The first kappa shape index (κ1) is 17.9. The van der Waals surface area contributed by atoms with Gasteiger partial charge in [-0.15, -0.1) is 11.3 Å². The molecule has 0 bridgehead atoms. The van der Waals surface area contributed by atoms with Crippen LogP contribution in [0.25, 0.3) is 0 Å². The zero-order valence-electron chi connectivity index (χ0n) is 15.2. The number of benzene rings is 1. The van der Waals surface area contributed by atoms with Crippen LogP contribution in [0.15, 0.2) is 38.8 Å². The quantitative estimate of drug-likeness (QED) is 0.783. The Morgan fingerprint density at radius 3 is 2.77 bits per heavy atom. The van der Waals surface area contributed by atoms with Crippen molar-refractivity contribution in [3.05, 3.63) is 35.2 Å². The normalized spacial score (nSPS) is 24.5. The standard InChI is InChI=1S/C19H21NO4S2/c1-18(2)23-11-19(3,24-18)12-7-17(25-10-12)26-13-5-6-14-15(8-13)22-9-16(21)20(14)4/h5-8,10H,9,11H2,1-4H3. The smallest absolute Gasteiger partial charge is 0.264 e. The van der Waals surface area contributed by atoms with Crippen LogP contribution >= 0.6 is 23.1 Å². The van der Waals surface area contributed by atoms with Crippen molar-refractivity contribution in [3.63, 3.8) is 0 Å². The molecule has 1 saturated heterocycles. The van der Waals surface area contributed by atoms with Crippen LogP contribution in [0.5, 0.6) is 5.75 Å². The number of hydrogen-bond donors (Lipinski definition) is 0. The Kier molecular flexibility index (Phi) is 4.30. The molecule has 1 fully saturated rings. The van der Waals surface area contributed by atoms with E-state index in [1.807, 2.05) is 32.0 Å². The number of fused-ring (bicyclic) bond motifs is 1. The van der Waals surface area contributed by atoms with Gasteiger partial charge in [0.1, 0.15) is 11.4 Å². The SMILES string of the molecule is CN1C(=O)COc2cc(Sc3cc(C4(C)COC(C)(C)O4)cs3)ccc21. The van der Waals surface area contributed by atoms with Crippen molar-refractivity contribution in [3.8, 4) is 5.75 Å². The van der Waals surface area contributed by atoms with Crippen LogP contribution in [0.2, 0.25) is 0 Å². The lowest BCUT2D eigenvalue weighted by Gasteiger charge is -2.26. The number of hydrogen-bond acceptors (Lipinski definition) is 6. The molecule has 3 heterocycles. The average Bonchev–Trinajstić information content (AvgIpc) is 3.16. The summed E-state index contributed by atoms with van der Waals surface area (Å²) in [4.78, 5) is 14.4. The number of anilines is 1. The number of ether oxygens (including phenoxy) is 3. The second-order valence-electron chi connectivity index (χ2n) is 7.15. The molecule has 1 amide bonds. The third kappa shape index (κ3) is 3.24. The van der Waals surface area contributed by atoms with E-state index < -0.39 is 11.4 Å². The maximum Gasteiger partial charge on any atom is 0.264 e. The van der Waals surface area contributed by atoms with Gasteiger partial charge in [0.15, 0.2) is 12.4 Å². The maximum absolute atomic E-state index is 11.7. The minimum atomic E-state index is -0.552. The van der Waals surface area contributed by atoms with E-state index in [-0.39, 0.29) is 12.5 Å². The molecule has 1 atom stereocenters. The molecule has 4 rings (SSSR count). The fraction of sp³-hybridized carbons (Fsp3) is 0.421. The molecular weight excluding hydrogens is 370 g/mol. The third-order valence-electron chi connectivity index (χ3n) is 4.59. The summed E-state index contributed by atoms with van der Waals surface area (Å²) >= 11 is 3.37. The molecule has 0 aliphatic carbocycles. The summed E-state index contributed by atoms with van der Waals surface area (Å²) in [6.45, 7) is 6.59. The van der Waals surface area contributed by atoms with Crippen LogP contribution in [-0.2, 0) is 19.9 Å². The van der Waals surface area contributed by atoms with E-state index in [1.165, 1.54) is 4.21 Å². The molecule has 1 aromatic heterocycles. The van der Waals surface area contributed by atoms with Crippen molar-refractivity contribution in [2.75, 3.05) is 25.2 Å². The van der Waals surface area contributed by atoms with Crippen LogP contribution in [0.3, 0.4) is 0 Å². The Morgan fingerprint density at radius 2 is 2.04 bits per heavy atom. The zero-order valence-corrected chi connectivity index (χ0v) is 16.8. The van der Waals surface area contributed by atoms with Gasteiger partial charge in [-0.25, -0.2) is 0 Å². The van der Waals surface area contributed by atoms with Gasteiger partial charge in [0, 0.05) is 11.9 Å². The van der Waals surface area contributed by atoms with E-state index in [4.69, 9.17) is 14.2 Å². The highest BCUT2D eigenvalue weighted by molar-refractivity contribution is 8.01. The number of carbonyl (C=O) groups excluding carboxylic acids is 1. The Balaban J connectivity index is 1.53. The van der Waals surface area contributed by atoms with E-state index in [9.17, 15) is 4.79 Å². The van der Waals surface area contributed by atoms with Crippen LogP contribution in [0.1, 0.15) is 26.3 Å². The van der Waals surface area contributed by atoms with Crippen LogP contribution in [0.4, 0.5) is 5.69 Å². The van der Waals surface area contributed by atoms with Crippen molar-refractivity contribution in [1.82, 2.24) is 0 Å². The number of likely N-dealkylation sites (N-methyl/N-ethyl adjacent to an activating group) is 1. The summed E-state index contributed by atoms with van der Waals surface area (Å²) in [7, 11) is 1.77. The summed E-state index contributed by atoms with van der Waals surface area (Å²) < 4.78 is 18.6. The molecule has 5 nitrogen and oxygen atoms in total. The predicted molar refractivity (Wildman–Crippen MR) is 102 cm³/mol. The number of nitrogens with zero attached hydrogens (tertiary/aromatic N) is 1. The largest absolute Gasteiger partial charge is 0.482 e. The van der Waals surface area contributed by atoms with Gasteiger partial charge < -0.3 is 19.1 Å². The maximum atomic E-state index is 11.7. The van der Waals surface area contributed by atoms with Crippen molar-refractivity contribution in [2.45, 2.75) is 41.3 Å². The molecule has 7 heteroatoms. The number of rotatable bonds is 3. The van der Waals surface area contributed by atoms with E-state index in [0.29, 0.717) is 6.61 Å². The van der Waals surface area contributed by atoms with Crippen LogP contribution < -0.4 is 9.64 Å². The molecular formula is C19H21NO4S2. The average molecular weight is 392 g/mol. The predicted octanol–water partition coefficient (Wildman–Crippen LogP) is 4.25. The lowest BCUT2D eigenvalue weighted by Crippen LogP contribution is -2.35. The highest BCUT2D eigenvalue weighted by Gasteiger charge is 2.43. The molecule has 2 aliphatic rings. The minimum absolute atomic E-state index is 0.0317. The van der Waals surface area contributed by atoms with Gasteiger partial charge in [-0.05, 0) is 56.0 Å². The third-order valence-corrected chi connectivity index (χ3v) is 6.66.